The molecule has 6 heteroatoms. The Morgan fingerprint density at radius 3 is 2.35 bits per heavy atom. The van der Waals surface area contributed by atoms with Crippen molar-refractivity contribution in [1.29, 1.82) is 0 Å². The van der Waals surface area contributed by atoms with Gasteiger partial charge in [0.25, 0.3) is 0 Å². The van der Waals surface area contributed by atoms with Gasteiger partial charge < -0.3 is 10.1 Å². The van der Waals surface area contributed by atoms with Gasteiger partial charge in [0.15, 0.2) is 0 Å². The molecular formula is C11H24N2O3S. The molecule has 1 rings (SSSR count). The first kappa shape index (κ1) is 14.9. The molecule has 0 spiro atoms. The Morgan fingerprint density at radius 1 is 1.24 bits per heavy atom. The van der Waals surface area contributed by atoms with E-state index in [0.29, 0.717) is 6.54 Å². The van der Waals surface area contributed by atoms with E-state index in [1.807, 2.05) is 0 Å². The zero-order valence-corrected chi connectivity index (χ0v) is 11.8. The van der Waals surface area contributed by atoms with Crippen LogP contribution in [-0.4, -0.2) is 70.3 Å². The highest BCUT2D eigenvalue weighted by atomic mass is 32.2. The van der Waals surface area contributed by atoms with E-state index in [1.165, 1.54) is 6.26 Å². The molecule has 1 aliphatic rings. The third-order valence-electron chi connectivity index (χ3n) is 2.75. The number of nitrogens with one attached hydrogen (secondary N) is 1. The monoisotopic (exact) mass is 264 g/mol. The molecule has 0 saturated carbocycles. The van der Waals surface area contributed by atoms with Crippen LogP contribution in [0.1, 0.15) is 13.8 Å². The molecular weight excluding hydrogens is 240 g/mol. The van der Waals surface area contributed by atoms with Crippen molar-refractivity contribution >= 4 is 9.84 Å². The van der Waals surface area contributed by atoms with Crippen LogP contribution in [0.3, 0.4) is 0 Å². The smallest absolute Gasteiger partial charge is 0.148 e. The Hall–Kier alpha value is -0.170. The minimum absolute atomic E-state index is 0.211. The molecule has 5 nitrogen and oxygen atoms in total. The van der Waals surface area contributed by atoms with Crippen LogP contribution in [0.5, 0.6) is 0 Å². The van der Waals surface area contributed by atoms with Crippen molar-refractivity contribution in [2.45, 2.75) is 26.1 Å². The van der Waals surface area contributed by atoms with Gasteiger partial charge in [0, 0.05) is 39.0 Å². The Morgan fingerprint density at radius 2 is 1.82 bits per heavy atom. The van der Waals surface area contributed by atoms with Crippen molar-refractivity contribution < 1.29 is 13.2 Å². The first-order chi connectivity index (χ1) is 7.87. The van der Waals surface area contributed by atoms with Gasteiger partial charge in [0.05, 0.1) is 18.0 Å². The average molecular weight is 264 g/mol. The summed E-state index contributed by atoms with van der Waals surface area (Å²) in [6, 6.07) is 0. The molecule has 1 saturated heterocycles. The van der Waals surface area contributed by atoms with Crippen molar-refractivity contribution in [2.75, 3.05) is 44.7 Å². The predicted molar refractivity (Wildman–Crippen MR) is 69.0 cm³/mol. The second-order valence-electron chi connectivity index (χ2n) is 4.90. The zero-order chi connectivity index (χ0) is 12.9. The van der Waals surface area contributed by atoms with Crippen LogP contribution in [0.15, 0.2) is 0 Å². The third-order valence-corrected chi connectivity index (χ3v) is 3.70. The molecule has 0 bridgehead atoms. The van der Waals surface area contributed by atoms with E-state index >= 15 is 0 Å². The molecule has 0 aromatic heterocycles. The molecule has 17 heavy (non-hydrogen) atoms. The number of rotatable bonds is 6. The highest BCUT2D eigenvalue weighted by molar-refractivity contribution is 7.90. The standard InChI is InChI=1S/C11H24N2O3S/c1-10-8-13(9-11(2)16-10)6-4-12-5-7-17(3,14)15/h10-12H,4-9H2,1-3H3/t10-,11+. The summed E-state index contributed by atoms with van der Waals surface area (Å²) >= 11 is 0. The van der Waals surface area contributed by atoms with Crippen molar-refractivity contribution in [1.82, 2.24) is 10.2 Å². The number of sulfone groups is 1. The quantitative estimate of drug-likeness (QED) is 0.669. The van der Waals surface area contributed by atoms with E-state index in [-0.39, 0.29) is 18.0 Å². The third kappa shape index (κ3) is 6.98. The van der Waals surface area contributed by atoms with Crippen LogP contribution in [0.4, 0.5) is 0 Å². The van der Waals surface area contributed by atoms with Gasteiger partial charge in [-0.1, -0.05) is 0 Å². The molecule has 1 fully saturated rings. The van der Waals surface area contributed by atoms with Crippen LogP contribution >= 0.6 is 0 Å². The average Bonchev–Trinajstić information content (AvgIpc) is 2.13. The minimum atomic E-state index is -2.84. The highest BCUT2D eigenvalue weighted by Gasteiger charge is 2.21. The van der Waals surface area contributed by atoms with Crippen molar-refractivity contribution in [3.8, 4) is 0 Å². The van der Waals surface area contributed by atoms with Crippen LogP contribution in [0.25, 0.3) is 0 Å². The van der Waals surface area contributed by atoms with E-state index in [2.05, 4.69) is 24.1 Å². The lowest BCUT2D eigenvalue weighted by atomic mass is 10.2. The number of nitrogens with zero attached hydrogens (tertiary/aromatic N) is 1. The topological polar surface area (TPSA) is 58.6 Å². The molecule has 0 aromatic carbocycles. The van der Waals surface area contributed by atoms with Crippen LogP contribution < -0.4 is 5.32 Å². The lowest BCUT2D eigenvalue weighted by molar-refractivity contribution is -0.0673. The van der Waals surface area contributed by atoms with Gasteiger partial charge in [-0.2, -0.15) is 0 Å². The number of morpholine rings is 1. The summed E-state index contributed by atoms with van der Waals surface area (Å²) in [5, 5.41) is 3.16. The number of hydrogen-bond acceptors (Lipinski definition) is 5. The molecule has 0 amide bonds. The fourth-order valence-corrected chi connectivity index (χ4v) is 2.60. The van der Waals surface area contributed by atoms with Crippen LogP contribution in [0.2, 0.25) is 0 Å². The second-order valence-corrected chi connectivity index (χ2v) is 7.16. The SMILES string of the molecule is C[C@@H]1CN(CCNCCS(C)(=O)=O)C[C@H](C)O1. The summed E-state index contributed by atoms with van der Waals surface area (Å²) in [4.78, 5) is 2.35. The highest BCUT2D eigenvalue weighted by Crippen LogP contribution is 2.09. The Kier molecular flexibility index (Phi) is 5.85. The Labute approximate surface area is 104 Å². The van der Waals surface area contributed by atoms with E-state index in [1.54, 1.807) is 0 Å². The molecule has 1 aliphatic heterocycles. The number of hydrogen-bond donors (Lipinski definition) is 1. The first-order valence-electron chi connectivity index (χ1n) is 6.13. The molecule has 0 unspecified atom stereocenters. The largest absolute Gasteiger partial charge is 0.373 e. The summed E-state index contributed by atoms with van der Waals surface area (Å²) in [6.45, 7) is 8.39. The van der Waals surface area contributed by atoms with Crippen molar-refractivity contribution in [3.05, 3.63) is 0 Å². The van der Waals surface area contributed by atoms with E-state index in [9.17, 15) is 8.42 Å². The first-order valence-corrected chi connectivity index (χ1v) is 8.19. The zero-order valence-electron chi connectivity index (χ0n) is 11.0. The normalized spacial score (nSPS) is 27.2. The van der Waals surface area contributed by atoms with Crippen LogP contribution in [-0.2, 0) is 14.6 Å². The van der Waals surface area contributed by atoms with Gasteiger partial charge in [-0.15, -0.1) is 0 Å². The molecule has 102 valence electrons. The van der Waals surface area contributed by atoms with E-state index in [0.717, 1.165) is 26.2 Å². The summed E-state index contributed by atoms with van der Waals surface area (Å²) in [6.07, 6.45) is 1.84. The van der Waals surface area contributed by atoms with Gasteiger partial charge in [-0.05, 0) is 13.8 Å². The van der Waals surface area contributed by atoms with Gasteiger partial charge in [0.2, 0.25) is 0 Å². The molecule has 0 radical (unpaired) electrons. The maximum absolute atomic E-state index is 10.9. The molecule has 1 N–H and O–H groups in total. The predicted octanol–water partition coefficient (Wildman–Crippen LogP) is -0.270. The maximum atomic E-state index is 10.9. The van der Waals surface area contributed by atoms with Gasteiger partial charge in [0.1, 0.15) is 9.84 Å². The lowest BCUT2D eigenvalue weighted by Crippen LogP contribution is -2.47. The van der Waals surface area contributed by atoms with Crippen molar-refractivity contribution in [2.24, 2.45) is 0 Å². The minimum Gasteiger partial charge on any atom is -0.373 e. The molecule has 0 aromatic rings. The van der Waals surface area contributed by atoms with E-state index in [4.69, 9.17) is 4.74 Å². The van der Waals surface area contributed by atoms with E-state index < -0.39 is 9.84 Å². The Bertz CT molecular complexity index is 309. The second kappa shape index (κ2) is 6.68. The molecule has 1 heterocycles. The van der Waals surface area contributed by atoms with Gasteiger partial charge in [-0.25, -0.2) is 8.42 Å². The number of ether oxygens (including phenoxy) is 1. The van der Waals surface area contributed by atoms with Gasteiger partial charge in [-0.3, -0.25) is 4.90 Å². The summed E-state index contributed by atoms with van der Waals surface area (Å²) in [5.74, 6) is 0.211. The fourth-order valence-electron chi connectivity index (χ4n) is 2.09. The summed E-state index contributed by atoms with van der Waals surface area (Å²) in [7, 11) is -2.84. The fraction of sp³-hybridized carbons (Fsp3) is 1.00. The van der Waals surface area contributed by atoms with Gasteiger partial charge >= 0.3 is 0 Å². The summed E-state index contributed by atoms with van der Waals surface area (Å²) in [5.41, 5.74) is 0. The van der Waals surface area contributed by atoms with Crippen molar-refractivity contribution in [3.63, 3.8) is 0 Å². The Balaban J connectivity index is 2.10. The lowest BCUT2D eigenvalue weighted by Gasteiger charge is -2.35. The molecule has 2 atom stereocenters. The summed E-state index contributed by atoms with van der Waals surface area (Å²) < 4.78 is 27.5. The van der Waals surface area contributed by atoms with Crippen LogP contribution in [0, 0.1) is 0 Å². The molecule has 0 aliphatic carbocycles. The maximum Gasteiger partial charge on any atom is 0.148 e.